The summed E-state index contributed by atoms with van der Waals surface area (Å²) in [5, 5.41) is 9.47. The van der Waals surface area contributed by atoms with E-state index in [0.29, 0.717) is 6.42 Å². The standard InChI is InChI=1S/C14H22O2.C11H16O2.C10H14O.C3H6O/c1-13(2,3)15-16-14(4,5)11-12-9-7-6-8-10-12;1-11(2,13-12-3)9-10-7-5-4-6-8-10;1-10(2,11)8-9-6-4-3-5-7-9;1-3(2)4/h6-10H,11H2,1-5H3;4-8H,9H2,1-3H3;3-7,11H,8H2,1-2H3;1-2H3. The normalized spacial score (nSPS) is 11.6. The van der Waals surface area contributed by atoms with Crippen molar-refractivity contribution < 1.29 is 29.5 Å². The van der Waals surface area contributed by atoms with Crippen LogP contribution >= 0.6 is 0 Å². The number of hydrogen-bond donors (Lipinski definition) is 1. The van der Waals surface area contributed by atoms with E-state index in [1.807, 2.05) is 129 Å². The molecule has 0 saturated carbocycles. The van der Waals surface area contributed by atoms with Crippen molar-refractivity contribution in [1.82, 2.24) is 0 Å². The Morgan fingerprint density at radius 2 is 0.841 bits per heavy atom. The summed E-state index contributed by atoms with van der Waals surface area (Å²) >= 11 is 0. The van der Waals surface area contributed by atoms with Crippen LogP contribution in [0.1, 0.15) is 92.9 Å². The maximum absolute atomic E-state index is 9.47. The second kappa shape index (κ2) is 20.2. The molecule has 0 radical (unpaired) electrons. The predicted molar refractivity (Wildman–Crippen MR) is 181 cm³/mol. The molecule has 3 rings (SSSR count). The van der Waals surface area contributed by atoms with Crippen LogP contribution in [0.4, 0.5) is 0 Å². The van der Waals surface area contributed by atoms with E-state index in [2.05, 4.69) is 29.2 Å². The van der Waals surface area contributed by atoms with Gasteiger partial charge in [0, 0.05) is 19.3 Å². The minimum Gasteiger partial charge on any atom is -0.390 e. The quantitative estimate of drug-likeness (QED) is 0.182. The molecule has 0 unspecified atom stereocenters. The average molecular weight is 611 g/mol. The number of hydrogen-bond acceptors (Lipinski definition) is 6. The number of ketones is 1. The van der Waals surface area contributed by atoms with Gasteiger partial charge in [-0.1, -0.05) is 91.0 Å². The molecule has 0 saturated heterocycles. The molecule has 0 spiro atoms. The highest BCUT2D eigenvalue weighted by Gasteiger charge is 2.24. The Balaban J connectivity index is 0.000000602. The molecule has 0 bridgehead atoms. The van der Waals surface area contributed by atoms with Crippen LogP contribution in [0.5, 0.6) is 0 Å². The molecule has 3 aromatic rings. The molecule has 0 aromatic heterocycles. The molecule has 0 aliphatic rings. The van der Waals surface area contributed by atoms with Crippen LogP contribution in [0.2, 0.25) is 0 Å². The maximum atomic E-state index is 9.47. The lowest BCUT2D eigenvalue weighted by Crippen LogP contribution is -2.32. The molecule has 6 heteroatoms. The molecular weight excluding hydrogens is 552 g/mol. The SMILES string of the molecule is CC(C)(C)OOC(C)(C)Cc1ccccc1.CC(C)(O)Cc1ccccc1.CC(C)=O.COOC(C)(C)Cc1ccccc1. The fraction of sp³-hybridized carbons (Fsp3) is 0.500. The van der Waals surface area contributed by atoms with Crippen molar-refractivity contribution in [2.45, 2.75) is 118 Å². The van der Waals surface area contributed by atoms with Gasteiger partial charge in [0.05, 0.1) is 18.3 Å². The van der Waals surface area contributed by atoms with E-state index in [0.717, 1.165) is 12.8 Å². The maximum Gasteiger partial charge on any atom is 0.126 e. The Labute approximate surface area is 267 Å². The largest absolute Gasteiger partial charge is 0.390 e. The van der Waals surface area contributed by atoms with Gasteiger partial charge in [0.2, 0.25) is 0 Å². The summed E-state index contributed by atoms with van der Waals surface area (Å²) < 4.78 is 0. The lowest BCUT2D eigenvalue weighted by atomic mass is 9.99. The van der Waals surface area contributed by atoms with Gasteiger partial charge in [-0.15, -0.1) is 0 Å². The third-order valence-electron chi connectivity index (χ3n) is 5.25. The minimum atomic E-state index is -0.596. The van der Waals surface area contributed by atoms with E-state index in [9.17, 15) is 9.90 Å². The van der Waals surface area contributed by atoms with Crippen molar-refractivity contribution in [2.75, 3.05) is 7.11 Å². The van der Waals surface area contributed by atoms with Crippen LogP contribution in [0.25, 0.3) is 0 Å². The van der Waals surface area contributed by atoms with Crippen molar-refractivity contribution in [3.63, 3.8) is 0 Å². The van der Waals surface area contributed by atoms with Crippen molar-refractivity contribution in [1.29, 1.82) is 0 Å². The van der Waals surface area contributed by atoms with Gasteiger partial charge in [0.1, 0.15) is 17.0 Å². The van der Waals surface area contributed by atoms with Gasteiger partial charge < -0.3 is 9.90 Å². The summed E-state index contributed by atoms with van der Waals surface area (Å²) in [4.78, 5) is 30.1. The first-order chi connectivity index (χ1) is 20.2. The minimum absolute atomic E-state index is 0.167. The Hall–Kier alpha value is -2.87. The summed E-state index contributed by atoms with van der Waals surface area (Å²) in [6.45, 7) is 20.7. The summed E-state index contributed by atoms with van der Waals surface area (Å²) in [7, 11) is 1.53. The second-order valence-corrected chi connectivity index (χ2v) is 13.8. The van der Waals surface area contributed by atoms with Crippen LogP contribution in [0.15, 0.2) is 91.0 Å². The lowest BCUT2D eigenvalue weighted by Gasteiger charge is -2.28. The van der Waals surface area contributed by atoms with Gasteiger partial charge in [-0.25, -0.2) is 19.6 Å². The zero-order chi connectivity index (χ0) is 33.9. The molecule has 1 N–H and O–H groups in total. The van der Waals surface area contributed by atoms with Crippen molar-refractivity contribution >= 4 is 5.78 Å². The highest BCUT2D eigenvalue weighted by atomic mass is 17.2. The molecule has 6 nitrogen and oxygen atoms in total. The molecule has 246 valence electrons. The predicted octanol–water partition coefficient (Wildman–Crippen LogP) is 8.94. The molecule has 0 aliphatic carbocycles. The summed E-state index contributed by atoms with van der Waals surface area (Å²) in [5.74, 6) is 0.167. The molecule has 0 aliphatic heterocycles. The Kier molecular flexibility index (Phi) is 18.9. The Bertz CT molecular complexity index is 1120. The summed E-state index contributed by atoms with van der Waals surface area (Å²) in [6, 6.07) is 30.5. The van der Waals surface area contributed by atoms with Gasteiger partial charge >= 0.3 is 0 Å². The number of carbonyl (C=O) groups is 1. The molecule has 0 atom stereocenters. The second-order valence-electron chi connectivity index (χ2n) is 13.8. The smallest absolute Gasteiger partial charge is 0.126 e. The van der Waals surface area contributed by atoms with Crippen LogP contribution in [0, 0.1) is 0 Å². The lowest BCUT2D eigenvalue weighted by molar-refractivity contribution is -0.396. The van der Waals surface area contributed by atoms with Gasteiger partial charge in [0.15, 0.2) is 0 Å². The first-order valence-corrected chi connectivity index (χ1v) is 15.1. The number of carbonyl (C=O) groups excluding carboxylic acids is 1. The Morgan fingerprint density at radius 1 is 0.545 bits per heavy atom. The fourth-order valence-electron chi connectivity index (χ4n) is 3.79. The molecule has 0 heterocycles. The van der Waals surface area contributed by atoms with Crippen molar-refractivity contribution in [2.24, 2.45) is 0 Å². The first kappa shape index (κ1) is 41.1. The van der Waals surface area contributed by atoms with Crippen LogP contribution in [0.3, 0.4) is 0 Å². The number of benzene rings is 3. The van der Waals surface area contributed by atoms with E-state index in [-0.39, 0.29) is 22.6 Å². The van der Waals surface area contributed by atoms with Crippen LogP contribution in [-0.4, -0.2) is 40.4 Å². The highest BCUT2D eigenvalue weighted by molar-refractivity contribution is 5.72. The Morgan fingerprint density at radius 3 is 1.11 bits per heavy atom. The fourth-order valence-corrected chi connectivity index (χ4v) is 3.79. The van der Waals surface area contributed by atoms with E-state index in [4.69, 9.17) is 14.7 Å². The molecule has 44 heavy (non-hydrogen) atoms. The molecule has 0 amide bonds. The summed E-state index contributed by atoms with van der Waals surface area (Å²) in [6.07, 6.45) is 2.40. The van der Waals surface area contributed by atoms with Gasteiger partial charge in [-0.05, 0) is 92.9 Å². The number of Topliss-reactive ketones (excluding diaryl/α,β-unsaturated/α-hetero) is 1. The van der Waals surface area contributed by atoms with E-state index >= 15 is 0 Å². The van der Waals surface area contributed by atoms with Gasteiger partial charge in [-0.3, -0.25) is 0 Å². The van der Waals surface area contributed by atoms with Crippen LogP contribution in [-0.2, 0) is 43.6 Å². The van der Waals surface area contributed by atoms with E-state index in [1.54, 1.807) is 0 Å². The highest BCUT2D eigenvalue weighted by Crippen LogP contribution is 2.21. The topological polar surface area (TPSA) is 74.2 Å². The van der Waals surface area contributed by atoms with E-state index < -0.39 is 5.60 Å². The summed E-state index contributed by atoms with van der Waals surface area (Å²) in [5.41, 5.74) is 2.25. The molecule has 3 aromatic carbocycles. The third kappa shape index (κ3) is 25.6. The zero-order valence-electron chi connectivity index (χ0n) is 29.3. The molecular formula is C38H58O6. The van der Waals surface area contributed by atoms with Crippen molar-refractivity contribution in [3.05, 3.63) is 108 Å². The van der Waals surface area contributed by atoms with Gasteiger partial charge in [-0.2, -0.15) is 0 Å². The zero-order valence-corrected chi connectivity index (χ0v) is 29.3. The third-order valence-corrected chi connectivity index (χ3v) is 5.25. The average Bonchev–Trinajstić information content (AvgIpc) is 2.88. The van der Waals surface area contributed by atoms with Crippen LogP contribution < -0.4 is 0 Å². The van der Waals surface area contributed by atoms with Crippen molar-refractivity contribution in [3.8, 4) is 0 Å². The molecule has 0 fully saturated rings. The van der Waals surface area contributed by atoms with E-state index in [1.165, 1.54) is 37.6 Å². The first-order valence-electron chi connectivity index (χ1n) is 15.1. The monoisotopic (exact) mass is 610 g/mol. The number of aliphatic hydroxyl groups is 1. The van der Waals surface area contributed by atoms with Gasteiger partial charge in [0.25, 0.3) is 0 Å². The number of rotatable bonds is 10.